The fourth-order valence-corrected chi connectivity index (χ4v) is 5.85. The van der Waals surface area contributed by atoms with Gasteiger partial charge in [0.05, 0.1) is 10.6 Å². The molecule has 1 N–H and O–H groups in total. The summed E-state index contributed by atoms with van der Waals surface area (Å²) in [6, 6.07) is 19.5. The largest absolute Gasteiger partial charge is 0.486 e. The van der Waals surface area contributed by atoms with Gasteiger partial charge in [-0.2, -0.15) is 0 Å². The first-order chi connectivity index (χ1) is 19.2. The van der Waals surface area contributed by atoms with E-state index in [1.807, 2.05) is 38.1 Å². The molecule has 1 aliphatic heterocycles. The molecule has 1 unspecified atom stereocenters. The molecule has 40 heavy (non-hydrogen) atoms. The maximum atomic E-state index is 14.0. The highest BCUT2D eigenvalue weighted by atomic mass is 32.2. The number of fused-ring (bicyclic) bond motifs is 1. The Morgan fingerprint density at radius 2 is 1.68 bits per heavy atom. The quantitative estimate of drug-likeness (QED) is 0.378. The van der Waals surface area contributed by atoms with Crippen LogP contribution in [-0.4, -0.2) is 57.5 Å². The van der Waals surface area contributed by atoms with Gasteiger partial charge in [-0.1, -0.05) is 55.0 Å². The van der Waals surface area contributed by atoms with Gasteiger partial charge >= 0.3 is 0 Å². The van der Waals surface area contributed by atoms with Crippen LogP contribution in [0.2, 0.25) is 0 Å². The molecule has 0 aliphatic carbocycles. The molecule has 1 atom stereocenters. The zero-order valence-electron chi connectivity index (χ0n) is 23.0. The number of hydrogen-bond donors (Lipinski definition) is 1. The third-order valence-electron chi connectivity index (χ3n) is 6.58. The summed E-state index contributed by atoms with van der Waals surface area (Å²) < 4.78 is 40.2. The number of ether oxygens (including phenoxy) is 2. The van der Waals surface area contributed by atoms with Gasteiger partial charge < -0.3 is 19.7 Å². The Labute approximate surface area is 235 Å². The van der Waals surface area contributed by atoms with E-state index in [4.69, 9.17) is 9.47 Å². The van der Waals surface area contributed by atoms with Crippen molar-refractivity contribution in [3.8, 4) is 11.5 Å². The summed E-state index contributed by atoms with van der Waals surface area (Å²) in [4.78, 5) is 28.4. The first kappa shape index (κ1) is 28.9. The van der Waals surface area contributed by atoms with Crippen LogP contribution in [0.5, 0.6) is 11.5 Å². The van der Waals surface area contributed by atoms with Crippen LogP contribution < -0.4 is 19.1 Å². The fourth-order valence-electron chi connectivity index (χ4n) is 4.42. The molecule has 0 saturated carbocycles. The lowest BCUT2D eigenvalue weighted by atomic mass is 10.1. The lowest BCUT2D eigenvalue weighted by Crippen LogP contribution is -2.51. The summed E-state index contributed by atoms with van der Waals surface area (Å²) in [5, 5.41) is 2.84. The zero-order chi connectivity index (χ0) is 28.7. The van der Waals surface area contributed by atoms with Gasteiger partial charge in [-0.15, -0.1) is 0 Å². The van der Waals surface area contributed by atoms with Crippen molar-refractivity contribution < 1.29 is 27.5 Å². The third-order valence-corrected chi connectivity index (χ3v) is 8.36. The standard InChI is InChI=1S/C30H35N3O6S/c1-4-15-31-30(35)23(3)32(20-24-10-8-9-22(2)18-24)29(34)21-33(40(36,37)26-11-6-5-7-12-26)25-13-14-27-28(19-25)39-17-16-38-27/h5-14,18-19,23H,4,15-17,20-21H2,1-3H3,(H,31,35). The van der Waals surface area contributed by atoms with Crippen LogP contribution in [0, 0.1) is 6.92 Å². The van der Waals surface area contributed by atoms with Crippen LogP contribution in [0.25, 0.3) is 0 Å². The molecule has 0 bridgehead atoms. The summed E-state index contributed by atoms with van der Waals surface area (Å²) in [7, 11) is -4.16. The lowest BCUT2D eigenvalue weighted by Gasteiger charge is -2.32. The maximum Gasteiger partial charge on any atom is 0.264 e. The summed E-state index contributed by atoms with van der Waals surface area (Å²) in [5.74, 6) is 0.0729. The SMILES string of the molecule is CCCNC(=O)C(C)N(Cc1cccc(C)c1)C(=O)CN(c1ccc2c(c1)OCCO2)S(=O)(=O)c1ccccc1. The summed E-state index contributed by atoms with van der Waals surface area (Å²) >= 11 is 0. The molecule has 1 aliphatic rings. The van der Waals surface area contributed by atoms with Crippen LogP contribution in [0.3, 0.4) is 0 Å². The molecule has 0 aromatic heterocycles. The van der Waals surface area contributed by atoms with E-state index in [0.717, 1.165) is 21.9 Å². The number of amides is 2. The van der Waals surface area contributed by atoms with Crippen LogP contribution >= 0.6 is 0 Å². The second-order valence-electron chi connectivity index (χ2n) is 9.63. The monoisotopic (exact) mass is 565 g/mol. The zero-order valence-corrected chi connectivity index (χ0v) is 23.8. The van der Waals surface area contributed by atoms with Crippen LogP contribution in [0.15, 0.2) is 77.7 Å². The van der Waals surface area contributed by atoms with Crippen molar-refractivity contribution >= 4 is 27.5 Å². The Bertz CT molecular complexity index is 1440. The van der Waals surface area contributed by atoms with E-state index < -0.39 is 28.5 Å². The van der Waals surface area contributed by atoms with Crippen molar-refractivity contribution in [2.75, 3.05) is 30.6 Å². The van der Waals surface area contributed by atoms with E-state index in [-0.39, 0.29) is 23.0 Å². The highest BCUT2D eigenvalue weighted by molar-refractivity contribution is 7.92. The van der Waals surface area contributed by atoms with Crippen molar-refractivity contribution in [2.45, 2.75) is 44.7 Å². The number of hydrogen-bond acceptors (Lipinski definition) is 6. The number of carbonyl (C=O) groups excluding carboxylic acids is 2. The Morgan fingerprint density at radius 3 is 2.38 bits per heavy atom. The van der Waals surface area contributed by atoms with Gasteiger partial charge in [0.15, 0.2) is 11.5 Å². The first-order valence-electron chi connectivity index (χ1n) is 13.3. The van der Waals surface area contributed by atoms with Gasteiger partial charge in [0.1, 0.15) is 25.8 Å². The molecule has 2 amide bonds. The number of rotatable bonds is 11. The van der Waals surface area contributed by atoms with Crippen molar-refractivity contribution in [3.63, 3.8) is 0 Å². The molecule has 10 heteroatoms. The van der Waals surface area contributed by atoms with Crippen LogP contribution in [-0.2, 0) is 26.2 Å². The molecular weight excluding hydrogens is 530 g/mol. The van der Waals surface area contributed by atoms with Crippen molar-refractivity contribution in [3.05, 3.63) is 83.9 Å². The Kier molecular flexibility index (Phi) is 9.31. The van der Waals surface area contributed by atoms with Crippen molar-refractivity contribution in [2.24, 2.45) is 0 Å². The number of carbonyl (C=O) groups is 2. The smallest absolute Gasteiger partial charge is 0.264 e. The summed E-state index contributed by atoms with van der Waals surface area (Å²) in [6.45, 7) is 6.36. The maximum absolute atomic E-state index is 14.0. The topological polar surface area (TPSA) is 105 Å². The molecule has 9 nitrogen and oxygen atoms in total. The summed E-state index contributed by atoms with van der Waals surface area (Å²) in [5.41, 5.74) is 2.10. The highest BCUT2D eigenvalue weighted by Crippen LogP contribution is 2.36. The van der Waals surface area contributed by atoms with Gasteiger partial charge in [-0.05, 0) is 50.1 Å². The summed E-state index contributed by atoms with van der Waals surface area (Å²) in [6.07, 6.45) is 0.748. The Morgan fingerprint density at radius 1 is 0.950 bits per heavy atom. The number of benzene rings is 3. The predicted molar refractivity (Wildman–Crippen MR) is 153 cm³/mol. The van der Waals surface area contributed by atoms with Gasteiger partial charge in [0.25, 0.3) is 10.0 Å². The van der Waals surface area contributed by atoms with Gasteiger partial charge in [0.2, 0.25) is 11.8 Å². The molecule has 0 saturated heterocycles. The van der Waals surface area contributed by atoms with E-state index in [0.29, 0.717) is 31.3 Å². The molecule has 3 aromatic rings. The fraction of sp³-hybridized carbons (Fsp3) is 0.333. The molecule has 212 valence electrons. The Balaban J connectivity index is 1.72. The number of anilines is 1. The number of nitrogens with one attached hydrogen (secondary N) is 1. The van der Waals surface area contributed by atoms with E-state index in [9.17, 15) is 18.0 Å². The number of aryl methyl sites for hydroxylation is 1. The normalized spacial score (nSPS) is 13.3. The van der Waals surface area contributed by atoms with Crippen LogP contribution in [0.4, 0.5) is 5.69 Å². The molecule has 0 radical (unpaired) electrons. The molecule has 0 fully saturated rings. The second kappa shape index (κ2) is 12.9. The average Bonchev–Trinajstić information content (AvgIpc) is 2.97. The number of sulfonamides is 1. The molecule has 0 spiro atoms. The van der Waals surface area contributed by atoms with E-state index >= 15 is 0 Å². The first-order valence-corrected chi connectivity index (χ1v) is 14.7. The second-order valence-corrected chi connectivity index (χ2v) is 11.5. The van der Waals surface area contributed by atoms with E-state index in [1.165, 1.54) is 17.0 Å². The van der Waals surface area contributed by atoms with Crippen molar-refractivity contribution in [1.82, 2.24) is 10.2 Å². The molecule has 1 heterocycles. The third kappa shape index (κ3) is 6.74. The Hall–Kier alpha value is -4.05. The molecule has 4 rings (SSSR count). The van der Waals surface area contributed by atoms with Crippen LogP contribution in [0.1, 0.15) is 31.4 Å². The van der Waals surface area contributed by atoms with E-state index in [2.05, 4.69) is 5.32 Å². The molecule has 3 aromatic carbocycles. The minimum Gasteiger partial charge on any atom is -0.486 e. The average molecular weight is 566 g/mol. The highest BCUT2D eigenvalue weighted by Gasteiger charge is 2.33. The van der Waals surface area contributed by atoms with Gasteiger partial charge in [-0.25, -0.2) is 8.42 Å². The lowest BCUT2D eigenvalue weighted by molar-refractivity contribution is -0.139. The molecular formula is C30H35N3O6S. The predicted octanol–water partition coefficient (Wildman–Crippen LogP) is 3.91. The van der Waals surface area contributed by atoms with Crippen molar-refractivity contribution in [1.29, 1.82) is 0 Å². The van der Waals surface area contributed by atoms with E-state index in [1.54, 1.807) is 43.3 Å². The number of nitrogens with zero attached hydrogens (tertiary/aromatic N) is 2. The minimum absolute atomic E-state index is 0.0386. The minimum atomic E-state index is -4.16. The van der Waals surface area contributed by atoms with Gasteiger partial charge in [0, 0.05) is 19.2 Å². The van der Waals surface area contributed by atoms with Gasteiger partial charge in [-0.3, -0.25) is 13.9 Å².